The van der Waals surface area contributed by atoms with Crippen LogP contribution in [0.5, 0.6) is 0 Å². The van der Waals surface area contributed by atoms with Crippen molar-refractivity contribution >= 4 is 17.8 Å². The van der Waals surface area contributed by atoms with Crippen molar-refractivity contribution in [3.05, 3.63) is 29.8 Å². The topological polar surface area (TPSA) is 29.4 Å². The maximum absolute atomic E-state index is 12.2. The minimum Gasteiger partial charge on any atom is -0.211 e. The lowest BCUT2D eigenvalue weighted by Gasteiger charge is -2.13. The van der Waals surface area contributed by atoms with Crippen LogP contribution in [0.25, 0.3) is 0 Å². The number of nitrogens with zero attached hydrogens (tertiary/aromatic N) is 1. The summed E-state index contributed by atoms with van der Waals surface area (Å²) >= 11 is 1.11. The molecule has 1 saturated carbocycles. The molecule has 0 N–H and O–H groups in total. The molecule has 1 aliphatic carbocycles. The van der Waals surface area contributed by atoms with Gasteiger partial charge in [-0.25, -0.2) is 13.6 Å². The van der Waals surface area contributed by atoms with Gasteiger partial charge in [0, 0.05) is 4.90 Å². The van der Waals surface area contributed by atoms with Crippen molar-refractivity contribution in [2.24, 2.45) is 4.99 Å². The summed E-state index contributed by atoms with van der Waals surface area (Å²) < 4.78 is 24.4. The third kappa shape index (κ3) is 2.73. The summed E-state index contributed by atoms with van der Waals surface area (Å²) in [6.07, 6.45) is 0.816. The number of alkyl halides is 2. The Kier molecular flexibility index (Phi) is 3.60. The highest BCUT2D eigenvalue weighted by Gasteiger charge is 2.46. The quantitative estimate of drug-likeness (QED) is 0.458. The molecule has 0 unspecified atom stereocenters. The van der Waals surface area contributed by atoms with Crippen molar-refractivity contribution in [2.45, 2.75) is 29.7 Å². The van der Waals surface area contributed by atoms with Crippen LogP contribution >= 0.6 is 11.8 Å². The van der Waals surface area contributed by atoms with Crippen LogP contribution in [0.2, 0.25) is 0 Å². The molecule has 5 heteroatoms. The molecule has 17 heavy (non-hydrogen) atoms. The van der Waals surface area contributed by atoms with Gasteiger partial charge in [-0.15, -0.1) is 11.8 Å². The van der Waals surface area contributed by atoms with Gasteiger partial charge in [0.05, 0.1) is 11.3 Å². The number of halogens is 2. The molecule has 0 aromatic heterocycles. The summed E-state index contributed by atoms with van der Waals surface area (Å²) in [5, 5.41) is 0. The van der Waals surface area contributed by atoms with Crippen LogP contribution in [0.1, 0.15) is 18.4 Å². The second kappa shape index (κ2) is 4.98. The summed E-state index contributed by atoms with van der Waals surface area (Å²) in [4.78, 5) is 15.0. The van der Waals surface area contributed by atoms with Gasteiger partial charge in [0.1, 0.15) is 0 Å². The summed E-state index contributed by atoms with van der Waals surface area (Å²) in [6, 6.07) is 7.28. The summed E-state index contributed by atoms with van der Waals surface area (Å²) in [5.41, 5.74) is 0.377. The number of hydrogen-bond donors (Lipinski definition) is 0. The maximum Gasteiger partial charge on any atom is 0.247 e. The van der Waals surface area contributed by atoms with E-state index in [1.807, 2.05) is 12.1 Å². The molecule has 0 radical (unpaired) electrons. The summed E-state index contributed by atoms with van der Waals surface area (Å²) in [6.45, 7) is 0. The van der Waals surface area contributed by atoms with Gasteiger partial charge in [0.2, 0.25) is 12.5 Å². The van der Waals surface area contributed by atoms with Crippen LogP contribution in [0.3, 0.4) is 0 Å². The second-order valence-electron chi connectivity index (χ2n) is 3.93. The highest BCUT2D eigenvalue weighted by molar-refractivity contribution is 7.99. The highest BCUT2D eigenvalue weighted by Crippen LogP contribution is 2.51. The Bertz CT molecular complexity index is 454. The fourth-order valence-electron chi connectivity index (χ4n) is 1.78. The van der Waals surface area contributed by atoms with E-state index in [1.54, 1.807) is 18.2 Å². The Morgan fingerprint density at radius 3 is 2.71 bits per heavy atom. The van der Waals surface area contributed by atoms with Crippen molar-refractivity contribution in [3.63, 3.8) is 0 Å². The van der Waals surface area contributed by atoms with Crippen molar-refractivity contribution in [1.82, 2.24) is 0 Å². The number of thioether (sulfide) groups is 1. The average Bonchev–Trinajstić information content (AvgIpc) is 3.08. The van der Waals surface area contributed by atoms with E-state index in [9.17, 15) is 13.6 Å². The molecule has 0 bridgehead atoms. The Morgan fingerprint density at radius 1 is 1.41 bits per heavy atom. The van der Waals surface area contributed by atoms with E-state index < -0.39 is 12.0 Å². The molecule has 2 rings (SSSR count). The Hall–Kier alpha value is -1.19. The zero-order valence-electron chi connectivity index (χ0n) is 9.03. The fraction of sp³-hybridized carbons (Fsp3) is 0.417. The predicted molar refractivity (Wildman–Crippen MR) is 62.2 cm³/mol. The third-order valence-corrected chi connectivity index (χ3v) is 3.82. The Labute approximate surface area is 102 Å². The zero-order chi connectivity index (χ0) is 12.3. The molecule has 1 fully saturated rings. The molecule has 1 aliphatic rings. The lowest BCUT2D eigenvalue weighted by Crippen LogP contribution is -2.05. The number of rotatable bonds is 5. The molecule has 0 spiro atoms. The smallest absolute Gasteiger partial charge is 0.211 e. The molecule has 0 aliphatic heterocycles. The highest BCUT2D eigenvalue weighted by atomic mass is 32.2. The van der Waals surface area contributed by atoms with E-state index in [2.05, 4.69) is 4.99 Å². The van der Waals surface area contributed by atoms with E-state index in [4.69, 9.17) is 0 Å². The molecule has 0 saturated heterocycles. The minimum absolute atomic E-state index is 0.238. The Balaban J connectivity index is 2.25. The molecular formula is C12H11F2NOS. The molecule has 0 amide bonds. The van der Waals surface area contributed by atoms with Crippen molar-refractivity contribution in [3.8, 4) is 0 Å². The van der Waals surface area contributed by atoms with Gasteiger partial charge in [0.15, 0.2) is 0 Å². The first kappa shape index (κ1) is 12.3. The molecule has 0 atom stereocenters. The van der Waals surface area contributed by atoms with Gasteiger partial charge in [-0.2, -0.15) is 4.99 Å². The van der Waals surface area contributed by atoms with Gasteiger partial charge < -0.3 is 0 Å². The molecule has 0 heterocycles. The standard InChI is InChI=1S/C12H11F2NOS/c13-11(14)7-17-10-4-2-1-3-9(10)12(5-6-12)15-8-16/h1-4,11H,5-7H2. The first-order valence-corrected chi connectivity index (χ1v) is 6.26. The zero-order valence-corrected chi connectivity index (χ0v) is 9.84. The first-order valence-electron chi connectivity index (χ1n) is 5.27. The van der Waals surface area contributed by atoms with Crippen LogP contribution in [-0.4, -0.2) is 18.3 Å². The number of isocyanates is 1. The molecular weight excluding hydrogens is 244 g/mol. The van der Waals surface area contributed by atoms with E-state index in [0.29, 0.717) is 0 Å². The lowest BCUT2D eigenvalue weighted by atomic mass is 10.1. The number of carbonyl (C=O) groups excluding carboxylic acids is 1. The predicted octanol–water partition coefficient (Wildman–Crippen LogP) is 3.37. The van der Waals surface area contributed by atoms with Crippen LogP contribution < -0.4 is 0 Å². The summed E-state index contributed by atoms with van der Waals surface area (Å²) in [7, 11) is 0. The van der Waals surface area contributed by atoms with Crippen LogP contribution in [0, 0.1) is 0 Å². The molecule has 1 aromatic carbocycles. The van der Waals surface area contributed by atoms with Crippen molar-refractivity contribution in [1.29, 1.82) is 0 Å². The second-order valence-corrected chi connectivity index (χ2v) is 4.99. The maximum atomic E-state index is 12.2. The van der Waals surface area contributed by atoms with Crippen molar-refractivity contribution in [2.75, 3.05) is 5.75 Å². The third-order valence-electron chi connectivity index (χ3n) is 2.74. The van der Waals surface area contributed by atoms with Gasteiger partial charge >= 0.3 is 0 Å². The fourth-order valence-corrected chi connectivity index (χ4v) is 2.67. The van der Waals surface area contributed by atoms with Crippen molar-refractivity contribution < 1.29 is 13.6 Å². The SMILES string of the molecule is O=C=NC1(c2ccccc2SCC(F)F)CC1. The molecule has 2 nitrogen and oxygen atoms in total. The normalized spacial score (nSPS) is 16.6. The number of hydrogen-bond acceptors (Lipinski definition) is 3. The first-order chi connectivity index (χ1) is 8.18. The van der Waals surface area contributed by atoms with Crippen LogP contribution in [0.4, 0.5) is 8.78 Å². The van der Waals surface area contributed by atoms with E-state index >= 15 is 0 Å². The molecule has 90 valence electrons. The number of aliphatic imine (C=N–C) groups is 1. The summed E-state index contributed by atoms with van der Waals surface area (Å²) in [5.74, 6) is -0.238. The van der Waals surface area contributed by atoms with E-state index in [0.717, 1.165) is 35.1 Å². The minimum atomic E-state index is -2.34. The van der Waals surface area contributed by atoms with Gasteiger partial charge in [-0.05, 0) is 24.5 Å². The van der Waals surface area contributed by atoms with E-state index in [1.165, 1.54) is 0 Å². The van der Waals surface area contributed by atoms with E-state index in [-0.39, 0.29) is 5.75 Å². The van der Waals surface area contributed by atoms with Crippen LogP contribution in [-0.2, 0) is 10.3 Å². The molecule has 1 aromatic rings. The van der Waals surface area contributed by atoms with Crippen LogP contribution in [0.15, 0.2) is 34.2 Å². The van der Waals surface area contributed by atoms with Gasteiger partial charge in [-0.1, -0.05) is 18.2 Å². The van der Waals surface area contributed by atoms with Gasteiger partial charge in [-0.3, -0.25) is 0 Å². The Morgan fingerprint density at radius 2 is 2.12 bits per heavy atom. The monoisotopic (exact) mass is 255 g/mol. The average molecular weight is 255 g/mol. The van der Waals surface area contributed by atoms with Gasteiger partial charge in [0.25, 0.3) is 0 Å². The lowest BCUT2D eigenvalue weighted by molar-refractivity contribution is 0.177. The number of benzene rings is 1. The largest absolute Gasteiger partial charge is 0.247 e.